The molecule has 1 aromatic carbocycles. The van der Waals surface area contributed by atoms with Crippen molar-refractivity contribution in [3.8, 4) is 11.5 Å². The summed E-state index contributed by atoms with van der Waals surface area (Å²) in [4.78, 5) is 11.3. The third-order valence-electron chi connectivity index (χ3n) is 5.22. The number of aliphatic hydroxyl groups excluding tert-OH is 1. The van der Waals surface area contributed by atoms with E-state index in [-0.39, 0.29) is 12.6 Å². The fourth-order valence-electron chi connectivity index (χ4n) is 3.33. The van der Waals surface area contributed by atoms with Crippen molar-refractivity contribution < 1.29 is 14.6 Å². The maximum atomic E-state index is 9.70. The minimum absolute atomic E-state index is 0.00783. The fourth-order valence-corrected chi connectivity index (χ4v) is 3.33. The predicted molar refractivity (Wildman–Crippen MR) is 123 cm³/mol. The molecule has 1 atom stereocenters. The van der Waals surface area contributed by atoms with Crippen LogP contribution in [-0.4, -0.2) is 79.6 Å². The second-order valence-electron chi connectivity index (χ2n) is 7.65. The van der Waals surface area contributed by atoms with Crippen LogP contribution in [0.25, 0.3) is 0 Å². The molecule has 4 N–H and O–H groups in total. The van der Waals surface area contributed by atoms with Gasteiger partial charge in [-0.2, -0.15) is 4.98 Å². The van der Waals surface area contributed by atoms with Crippen molar-refractivity contribution in [2.75, 3.05) is 64.2 Å². The number of hydrogen-bond donors (Lipinski definition) is 4. The van der Waals surface area contributed by atoms with Gasteiger partial charge in [0, 0.05) is 30.6 Å². The lowest BCUT2D eigenvalue weighted by molar-refractivity contribution is 0.165. The molecule has 9 heteroatoms. The molecule has 2 aromatic rings. The highest BCUT2D eigenvalue weighted by Crippen LogP contribution is 2.31. The topological polar surface area (TPSA) is 104 Å². The van der Waals surface area contributed by atoms with E-state index in [1.54, 1.807) is 7.11 Å². The van der Waals surface area contributed by atoms with E-state index < -0.39 is 0 Å². The standard InChI is InChI=1S/C22H34N6O3/c1-16-12-21(23-2)27-22(25-16)26-17-6-7-19(30-3)20(13-17)31-15-18(14-29)24-8-4-9-28-10-5-11-28/h6-7,12-13,18,24,29H,4-5,8-11,14-15H2,1-3H3,(H2,23,25,26,27)/t18-/m1/s1. The Morgan fingerprint density at radius 1 is 1.19 bits per heavy atom. The number of hydrogen-bond acceptors (Lipinski definition) is 9. The average molecular weight is 431 g/mol. The van der Waals surface area contributed by atoms with Crippen LogP contribution >= 0.6 is 0 Å². The molecule has 3 rings (SSSR count). The van der Waals surface area contributed by atoms with Gasteiger partial charge in [-0.1, -0.05) is 0 Å². The first-order valence-electron chi connectivity index (χ1n) is 10.8. The molecule has 0 bridgehead atoms. The first-order chi connectivity index (χ1) is 15.1. The molecule has 170 valence electrons. The highest BCUT2D eigenvalue weighted by molar-refractivity contribution is 5.60. The van der Waals surface area contributed by atoms with E-state index >= 15 is 0 Å². The van der Waals surface area contributed by atoms with Crippen molar-refractivity contribution in [1.82, 2.24) is 20.2 Å². The molecule has 0 spiro atoms. The van der Waals surface area contributed by atoms with Gasteiger partial charge >= 0.3 is 0 Å². The van der Waals surface area contributed by atoms with E-state index in [4.69, 9.17) is 9.47 Å². The molecule has 0 radical (unpaired) electrons. The molecule has 1 saturated heterocycles. The number of aromatic nitrogens is 2. The summed E-state index contributed by atoms with van der Waals surface area (Å²) in [6, 6.07) is 7.30. The Kier molecular flexibility index (Phi) is 8.69. The summed E-state index contributed by atoms with van der Waals surface area (Å²) < 4.78 is 11.4. The highest BCUT2D eigenvalue weighted by Gasteiger charge is 2.14. The maximum absolute atomic E-state index is 9.70. The molecule has 9 nitrogen and oxygen atoms in total. The zero-order valence-electron chi connectivity index (χ0n) is 18.6. The normalized spacial score (nSPS) is 14.6. The van der Waals surface area contributed by atoms with Crippen LogP contribution in [0.1, 0.15) is 18.5 Å². The highest BCUT2D eigenvalue weighted by atomic mass is 16.5. The number of anilines is 3. The molecular weight excluding hydrogens is 396 g/mol. The first kappa shape index (κ1) is 23.1. The molecule has 0 amide bonds. The Balaban J connectivity index is 1.57. The summed E-state index contributed by atoms with van der Waals surface area (Å²) in [7, 11) is 3.43. The second-order valence-corrected chi connectivity index (χ2v) is 7.65. The lowest BCUT2D eigenvalue weighted by atomic mass is 10.2. The van der Waals surface area contributed by atoms with Crippen LogP contribution in [0.5, 0.6) is 11.5 Å². The van der Waals surface area contributed by atoms with Crippen LogP contribution in [0.4, 0.5) is 17.5 Å². The Morgan fingerprint density at radius 3 is 2.71 bits per heavy atom. The van der Waals surface area contributed by atoms with Crippen molar-refractivity contribution in [2.24, 2.45) is 0 Å². The maximum Gasteiger partial charge on any atom is 0.229 e. The number of nitrogens with zero attached hydrogens (tertiary/aromatic N) is 3. The van der Waals surface area contributed by atoms with Crippen molar-refractivity contribution in [1.29, 1.82) is 0 Å². The number of likely N-dealkylation sites (tertiary alicyclic amines) is 1. The number of methoxy groups -OCH3 is 1. The first-order valence-corrected chi connectivity index (χ1v) is 10.8. The van der Waals surface area contributed by atoms with Crippen molar-refractivity contribution in [3.63, 3.8) is 0 Å². The lowest BCUT2D eigenvalue weighted by Gasteiger charge is -2.30. The molecule has 0 saturated carbocycles. The zero-order chi connectivity index (χ0) is 22.1. The van der Waals surface area contributed by atoms with Crippen LogP contribution in [0.3, 0.4) is 0 Å². The summed E-state index contributed by atoms with van der Waals surface area (Å²) in [5.41, 5.74) is 1.64. The van der Waals surface area contributed by atoms with Gasteiger partial charge in [0.25, 0.3) is 0 Å². The predicted octanol–water partition coefficient (Wildman–Crippen LogP) is 2.00. The van der Waals surface area contributed by atoms with Gasteiger partial charge in [-0.25, -0.2) is 4.98 Å². The van der Waals surface area contributed by atoms with Crippen molar-refractivity contribution >= 4 is 17.5 Å². The molecule has 2 heterocycles. The molecule has 1 aliphatic rings. The quantitative estimate of drug-likeness (QED) is 0.355. The Hall–Kier alpha value is -2.62. The Labute approximate surface area is 184 Å². The van der Waals surface area contributed by atoms with Gasteiger partial charge < -0.3 is 35.4 Å². The van der Waals surface area contributed by atoms with Crippen LogP contribution in [0, 0.1) is 6.92 Å². The SMILES string of the molecule is CNc1cc(C)nc(Nc2ccc(OC)c(OC[C@@H](CO)NCCCN3CCC3)c2)n1. The largest absolute Gasteiger partial charge is 0.493 e. The number of ether oxygens (including phenoxy) is 2. The fraction of sp³-hybridized carbons (Fsp3) is 0.545. The number of nitrogens with one attached hydrogen (secondary N) is 3. The summed E-state index contributed by atoms with van der Waals surface area (Å²) >= 11 is 0. The second kappa shape index (κ2) is 11.7. The molecule has 1 aliphatic heterocycles. The molecular formula is C22H34N6O3. The zero-order valence-corrected chi connectivity index (χ0v) is 18.6. The van der Waals surface area contributed by atoms with Crippen LogP contribution in [0.2, 0.25) is 0 Å². The minimum Gasteiger partial charge on any atom is -0.493 e. The van der Waals surface area contributed by atoms with Gasteiger partial charge in [0.15, 0.2) is 11.5 Å². The summed E-state index contributed by atoms with van der Waals surface area (Å²) in [5.74, 6) is 2.46. The summed E-state index contributed by atoms with van der Waals surface area (Å²) in [6.07, 6.45) is 2.37. The molecule has 0 unspecified atom stereocenters. The summed E-state index contributed by atoms with van der Waals surface area (Å²) in [6.45, 7) is 6.63. The van der Waals surface area contributed by atoms with Crippen molar-refractivity contribution in [2.45, 2.75) is 25.8 Å². The molecule has 0 aliphatic carbocycles. The number of rotatable bonds is 13. The number of benzene rings is 1. The van der Waals surface area contributed by atoms with E-state index in [9.17, 15) is 5.11 Å². The molecule has 1 aromatic heterocycles. The summed E-state index contributed by atoms with van der Waals surface area (Å²) in [5, 5.41) is 19.3. The number of aliphatic hydroxyl groups is 1. The van der Waals surface area contributed by atoms with E-state index in [0.717, 1.165) is 36.7 Å². The van der Waals surface area contributed by atoms with Gasteiger partial charge in [-0.15, -0.1) is 0 Å². The van der Waals surface area contributed by atoms with Gasteiger partial charge in [0.05, 0.1) is 19.8 Å². The van der Waals surface area contributed by atoms with Gasteiger partial charge in [-0.3, -0.25) is 0 Å². The Bertz CT molecular complexity index is 831. The van der Waals surface area contributed by atoms with Gasteiger partial charge in [0.1, 0.15) is 12.4 Å². The van der Waals surface area contributed by atoms with E-state index in [1.807, 2.05) is 38.2 Å². The van der Waals surface area contributed by atoms with Gasteiger partial charge in [0.2, 0.25) is 5.95 Å². The lowest BCUT2D eigenvalue weighted by Crippen LogP contribution is -2.41. The minimum atomic E-state index is -0.143. The molecule has 1 fully saturated rings. The smallest absolute Gasteiger partial charge is 0.229 e. The van der Waals surface area contributed by atoms with Crippen LogP contribution in [-0.2, 0) is 0 Å². The molecule has 31 heavy (non-hydrogen) atoms. The number of aryl methyl sites for hydroxylation is 1. The van der Waals surface area contributed by atoms with Crippen LogP contribution in [0.15, 0.2) is 24.3 Å². The van der Waals surface area contributed by atoms with E-state index in [2.05, 4.69) is 30.8 Å². The van der Waals surface area contributed by atoms with E-state index in [1.165, 1.54) is 19.5 Å². The Morgan fingerprint density at radius 2 is 2.03 bits per heavy atom. The third-order valence-corrected chi connectivity index (χ3v) is 5.22. The van der Waals surface area contributed by atoms with Gasteiger partial charge in [-0.05, 0) is 58.1 Å². The van der Waals surface area contributed by atoms with Crippen molar-refractivity contribution in [3.05, 3.63) is 30.0 Å². The van der Waals surface area contributed by atoms with E-state index in [0.29, 0.717) is 24.1 Å². The third kappa shape index (κ3) is 6.95. The average Bonchev–Trinajstić information content (AvgIpc) is 2.74. The van der Waals surface area contributed by atoms with Crippen LogP contribution < -0.4 is 25.4 Å². The monoisotopic (exact) mass is 430 g/mol.